The predicted molar refractivity (Wildman–Crippen MR) is 59.1 cm³/mol. The molecule has 0 aliphatic heterocycles. The first-order valence-corrected chi connectivity index (χ1v) is 6.67. The van der Waals surface area contributed by atoms with Crippen LogP contribution in [-0.2, 0) is 19.0 Å². The van der Waals surface area contributed by atoms with Gasteiger partial charge in [0.1, 0.15) is 5.76 Å². The van der Waals surface area contributed by atoms with Crippen molar-refractivity contribution < 1.29 is 23.1 Å². The van der Waals surface area contributed by atoms with E-state index in [9.17, 15) is 9.67 Å². The van der Waals surface area contributed by atoms with Gasteiger partial charge < -0.3 is 18.6 Å². The van der Waals surface area contributed by atoms with Gasteiger partial charge in [0, 0.05) is 0 Å². The number of hydrogen-bond acceptors (Lipinski definition) is 5. The molecule has 0 aliphatic carbocycles. The van der Waals surface area contributed by atoms with Crippen LogP contribution in [0.1, 0.15) is 26.5 Å². The van der Waals surface area contributed by atoms with Gasteiger partial charge in [-0.25, -0.2) is 0 Å². The highest BCUT2D eigenvalue weighted by Gasteiger charge is 2.49. The summed E-state index contributed by atoms with van der Waals surface area (Å²) in [5.41, 5.74) is 0. The van der Waals surface area contributed by atoms with Gasteiger partial charge in [0.2, 0.25) is 5.34 Å². The van der Waals surface area contributed by atoms with E-state index < -0.39 is 12.9 Å². The van der Waals surface area contributed by atoms with Gasteiger partial charge in [0.25, 0.3) is 0 Å². The Bertz CT molecular complexity index is 347. The maximum atomic E-state index is 12.4. The molecule has 0 aromatic carbocycles. The molecule has 1 N–H and O–H groups in total. The standard InChI is InChI=1S/C10H17O5P/c1-4-14-16(12,15-5-2)10(3,11)9-7-6-8-13-9/h6-8,11H,4-5H2,1-3H3. The highest BCUT2D eigenvalue weighted by molar-refractivity contribution is 7.54. The first-order valence-electron chi connectivity index (χ1n) is 5.13. The second kappa shape index (κ2) is 5.15. The van der Waals surface area contributed by atoms with Gasteiger partial charge in [0.15, 0.2) is 0 Å². The average molecular weight is 248 g/mol. The number of hydrogen-bond donors (Lipinski definition) is 1. The molecule has 1 heterocycles. The van der Waals surface area contributed by atoms with Gasteiger partial charge >= 0.3 is 7.60 Å². The third kappa shape index (κ3) is 2.38. The summed E-state index contributed by atoms with van der Waals surface area (Å²) in [6, 6.07) is 3.14. The Morgan fingerprint density at radius 1 is 1.44 bits per heavy atom. The minimum Gasteiger partial charge on any atom is -0.466 e. The van der Waals surface area contributed by atoms with Gasteiger partial charge in [-0.3, -0.25) is 4.57 Å². The zero-order chi connectivity index (χ0) is 12.2. The first-order chi connectivity index (χ1) is 7.48. The summed E-state index contributed by atoms with van der Waals surface area (Å²) in [5.74, 6) is 0.165. The smallest absolute Gasteiger partial charge is 0.369 e. The maximum absolute atomic E-state index is 12.4. The predicted octanol–water partition coefficient (Wildman–Crippen LogP) is 2.71. The van der Waals surface area contributed by atoms with E-state index in [1.165, 1.54) is 19.3 Å². The van der Waals surface area contributed by atoms with Crippen LogP contribution in [0.4, 0.5) is 0 Å². The van der Waals surface area contributed by atoms with E-state index in [0.29, 0.717) is 0 Å². The van der Waals surface area contributed by atoms with E-state index in [2.05, 4.69) is 0 Å². The van der Waals surface area contributed by atoms with Crippen LogP contribution in [0.25, 0.3) is 0 Å². The Labute approximate surface area is 94.9 Å². The number of rotatable bonds is 6. The molecular formula is C10H17O5P. The van der Waals surface area contributed by atoms with Crippen LogP contribution in [0, 0.1) is 0 Å². The fourth-order valence-electron chi connectivity index (χ4n) is 1.31. The Balaban J connectivity index is 3.06. The maximum Gasteiger partial charge on any atom is 0.369 e. The van der Waals surface area contributed by atoms with Crippen LogP contribution in [0.15, 0.2) is 22.8 Å². The minimum atomic E-state index is -3.65. The zero-order valence-electron chi connectivity index (χ0n) is 9.67. The van der Waals surface area contributed by atoms with Gasteiger partial charge in [0.05, 0.1) is 19.5 Å². The van der Waals surface area contributed by atoms with Crippen molar-refractivity contribution in [3.8, 4) is 0 Å². The molecule has 0 fully saturated rings. The minimum absolute atomic E-state index is 0.165. The summed E-state index contributed by atoms with van der Waals surface area (Å²) < 4.78 is 27.6. The van der Waals surface area contributed by atoms with Crippen molar-refractivity contribution in [3.63, 3.8) is 0 Å². The molecule has 0 saturated carbocycles. The molecule has 1 atom stereocenters. The van der Waals surface area contributed by atoms with Crippen molar-refractivity contribution in [1.29, 1.82) is 0 Å². The summed E-state index contributed by atoms with van der Waals surface area (Å²) in [6.07, 6.45) is 1.39. The van der Waals surface area contributed by atoms with E-state index in [-0.39, 0.29) is 19.0 Å². The summed E-state index contributed by atoms with van der Waals surface area (Å²) in [6.45, 7) is 5.11. The quantitative estimate of drug-likeness (QED) is 0.784. The molecule has 1 aromatic heterocycles. The fraction of sp³-hybridized carbons (Fsp3) is 0.600. The molecule has 0 radical (unpaired) electrons. The van der Waals surface area contributed by atoms with Gasteiger partial charge in [-0.15, -0.1) is 0 Å². The molecule has 1 aromatic rings. The third-order valence-corrected chi connectivity index (χ3v) is 4.60. The van der Waals surface area contributed by atoms with Crippen LogP contribution in [-0.4, -0.2) is 18.3 Å². The Kier molecular flexibility index (Phi) is 4.33. The molecule has 0 bridgehead atoms. The van der Waals surface area contributed by atoms with Crippen molar-refractivity contribution in [1.82, 2.24) is 0 Å². The van der Waals surface area contributed by atoms with Crippen LogP contribution < -0.4 is 0 Å². The Morgan fingerprint density at radius 3 is 2.38 bits per heavy atom. The molecule has 1 rings (SSSR count). The third-order valence-electron chi connectivity index (χ3n) is 2.12. The molecule has 1 unspecified atom stereocenters. The SMILES string of the molecule is CCOP(=O)(OCC)C(C)(O)c1ccco1. The summed E-state index contributed by atoms with van der Waals surface area (Å²) in [7, 11) is -3.65. The molecular weight excluding hydrogens is 231 g/mol. The van der Waals surface area contributed by atoms with Crippen LogP contribution in [0.3, 0.4) is 0 Å². The molecule has 0 amide bonds. The molecule has 92 valence electrons. The molecule has 0 saturated heterocycles. The van der Waals surface area contributed by atoms with Crippen molar-refractivity contribution in [3.05, 3.63) is 24.2 Å². The Morgan fingerprint density at radius 2 is 2.00 bits per heavy atom. The first kappa shape index (κ1) is 13.5. The zero-order valence-corrected chi connectivity index (χ0v) is 10.6. The van der Waals surface area contributed by atoms with Gasteiger partial charge in [-0.2, -0.15) is 0 Å². The van der Waals surface area contributed by atoms with E-state index in [4.69, 9.17) is 13.5 Å². The number of furan rings is 1. The van der Waals surface area contributed by atoms with E-state index in [1.54, 1.807) is 19.9 Å². The molecule has 0 aliphatic rings. The molecule has 6 heteroatoms. The van der Waals surface area contributed by atoms with Crippen molar-refractivity contribution in [2.24, 2.45) is 0 Å². The molecule has 5 nitrogen and oxygen atoms in total. The summed E-state index contributed by atoms with van der Waals surface area (Å²) in [4.78, 5) is 0. The average Bonchev–Trinajstić information content (AvgIpc) is 2.71. The van der Waals surface area contributed by atoms with Crippen molar-refractivity contribution in [2.75, 3.05) is 13.2 Å². The lowest BCUT2D eigenvalue weighted by molar-refractivity contribution is 0.0627. The highest BCUT2D eigenvalue weighted by atomic mass is 31.2. The lowest BCUT2D eigenvalue weighted by atomic mass is 10.3. The van der Waals surface area contributed by atoms with Gasteiger partial charge in [-0.1, -0.05) is 0 Å². The fourth-order valence-corrected chi connectivity index (χ4v) is 2.97. The monoisotopic (exact) mass is 248 g/mol. The van der Waals surface area contributed by atoms with E-state index >= 15 is 0 Å². The summed E-state index contributed by atoms with van der Waals surface area (Å²) >= 11 is 0. The van der Waals surface area contributed by atoms with E-state index in [0.717, 1.165) is 0 Å². The topological polar surface area (TPSA) is 68.9 Å². The van der Waals surface area contributed by atoms with Crippen molar-refractivity contribution in [2.45, 2.75) is 26.1 Å². The second-order valence-electron chi connectivity index (χ2n) is 3.33. The van der Waals surface area contributed by atoms with Crippen molar-refractivity contribution >= 4 is 7.60 Å². The van der Waals surface area contributed by atoms with Gasteiger partial charge in [-0.05, 0) is 32.9 Å². The van der Waals surface area contributed by atoms with Crippen LogP contribution in [0.2, 0.25) is 0 Å². The lowest BCUT2D eigenvalue weighted by Crippen LogP contribution is -2.23. The highest BCUT2D eigenvalue weighted by Crippen LogP contribution is 2.63. The van der Waals surface area contributed by atoms with E-state index in [1.807, 2.05) is 0 Å². The largest absolute Gasteiger partial charge is 0.466 e. The normalized spacial score (nSPS) is 16.0. The molecule has 0 spiro atoms. The van der Waals surface area contributed by atoms with Crippen LogP contribution in [0.5, 0.6) is 0 Å². The second-order valence-corrected chi connectivity index (χ2v) is 5.71. The lowest BCUT2D eigenvalue weighted by Gasteiger charge is -2.29. The van der Waals surface area contributed by atoms with Crippen LogP contribution >= 0.6 is 7.60 Å². The summed E-state index contributed by atoms with van der Waals surface area (Å²) in [5, 5.41) is 8.47. The Hall–Kier alpha value is -0.610. The molecule has 16 heavy (non-hydrogen) atoms. The number of aliphatic hydroxyl groups is 1.